The van der Waals surface area contributed by atoms with E-state index in [9.17, 15) is 13.6 Å². The zero-order valence-corrected chi connectivity index (χ0v) is 39.3. The number of aromatic nitrogens is 2. The van der Waals surface area contributed by atoms with Gasteiger partial charge in [0.2, 0.25) is 5.88 Å². The number of carbonyl (C=O) groups is 1. The van der Waals surface area contributed by atoms with Gasteiger partial charge in [-0.15, -0.1) is 0 Å². The van der Waals surface area contributed by atoms with Crippen LogP contribution in [0.1, 0.15) is 89.9 Å². The highest BCUT2D eigenvalue weighted by Crippen LogP contribution is 2.70. The topological polar surface area (TPSA) is 112 Å². The smallest absolute Gasteiger partial charge is 0.418 e. The summed E-state index contributed by atoms with van der Waals surface area (Å²) in [7, 11) is 3.12. The zero-order chi connectivity index (χ0) is 49.3. The second kappa shape index (κ2) is 17.7. The average Bonchev–Trinajstić information content (AvgIpc) is 3.86. The van der Waals surface area contributed by atoms with Gasteiger partial charge < -0.3 is 29.6 Å². The standard InChI is InChI=1S/C54H53F6N5O5/c1-31(40-9-6-19-62-49(40)70-50(61)66)39-8-5-7-35-21-43(48(55)44-23-38(22-41(39)46(35)44)69-30-52-18-20-65(52)29-51(27-52)28-53(51,56)57)42-24-45(63-32(2)47(42)54(58,59)60)64(25-33-10-14-36(67-3)15-11-33)26-34-12-16-37(68-4)17-13-34/h6,9-17,19,21-24,31,39H,5,7-8,18,20,25-30H2,1-4H3,(H2,61,66)/t31-,39?,51-,52+/m1/s1. The van der Waals surface area contributed by atoms with Gasteiger partial charge >= 0.3 is 12.3 Å². The molecule has 16 heteroatoms. The van der Waals surface area contributed by atoms with Crippen molar-refractivity contribution in [3.8, 4) is 34.3 Å². The van der Waals surface area contributed by atoms with Crippen molar-refractivity contribution in [3.05, 3.63) is 136 Å². The van der Waals surface area contributed by atoms with Crippen LogP contribution in [0.15, 0.2) is 91.1 Å². The molecule has 6 aromatic rings. The van der Waals surface area contributed by atoms with Crippen molar-refractivity contribution in [2.75, 3.05) is 38.8 Å². The van der Waals surface area contributed by atoms with Crippen LogP contribution in [0.25, 0.3) is 21.9 Å². The molecule has 2 N–H and O–H groups in total. The Balaban J connectivity index is 1.12. The minimum Gasteiger partial charge on any atom is -0.497 e. The Morgan fingerprint density at radius 3 is 2.19 bits per heavy atom. The fourth-order valence-electron chi connectivity index (χ4n) is 11.5. The Morgan fingerprint density at radius 2 is 1.60 bits per heavy atom. The largest absolute Gasteiger partial charge is 0.497 e. The molecule has 10 rings (SSSR count). The van der Waals surface area contributed by atoms with Crippen LogP contribution in [-0.2, 0) is 25.7 Å². The minimum atomic E-state index is -4.92. The summed E-state index contributed by atoms with van der Waals surface area (Å²) in [6.07, 6.45) is -2.17. The number of methoxy groups -OCH3 is 2. The molecule has 1 unspecified atom stereocenters. The Kier molecular flexibility index (Phi) is 11.9. The normalized spacial score (nSPS) is 21.7. The van der Waals surface area contributed by atoms with Gasteiger partial charge in [0.05, 0.1) is 36.4 Å². The van der Waals surface area contributed by atoms with Gasteiger partial charge in [0.1, 0.15) is 35.5 Å². The number of nitrogens with two attached hydrogens (primary N) is 1. The number of nitrogens with zero attached hydrogens (tertiary/aromatic N) is 4. The molecular weight excluding hydrogens is 913 g/mol. The van der Waals surface area contributed by atoms with Crippen LogP contribution in [0.2, 0.25) is 0 Å². The lowest BCUT2D eigenvalue weighted by molar-refractivity contribution is -0.137. The molecule has 4 atom stereocenters. The quantitative estimate of drug-likeness (QED) is 0.107. The molecule has 4 aliphatic rings. The molecule has 2 aliphatic heterocycles. The van der Waals surface area contributed by atoms with Crippen molar-refractivity contribution in [3.63, 3.8) is 0 Å². The maximum Gasteiger partial charge on any atom is 0.418 e. The summed E-state index contributed by atoms with van der Waals surface area (Å²) in [6, 6.07) is 24.4. The fraction of sp³-hybridized carbons (Fsp3) is 0.389. The first kappa shape index (κ1) is 47.1. The van der Waals surface area contributed by atoms with Gasteiger partial charge in [0, 0.05) is 60.9 Å². The summed E-state index contributed by atoms with van der Waals surface area (Å²) in [6.45, 7) is 4.74. The molecule has 2 aromatic heterocycles. The Labute approximate surface area is 401 Å². The lowest BCUT2D eigenvalue weighted by Crippen LogP contribution is -2.58. The van der Waals surface area contributed by atoms with E-state index in [1.165, 1.54) is 25.3 Å². The molecule has 2 saturated heterocycles. The van der Waals surface area contributed by atoms with E-state index in [1.807, 2.05) is 42.2 Å². The van der Waals surface area contributed by atoms with Crippen LogP contribution >= 0.6 is 0 Å². The van der Waals surface area contributed by atoms with Crippen molar-refractivity contribution < 1.29 is 50.1 Å². The van der Waals surface area contributed by atoms with Crippen LogP contribution < -0.4 is 29.6 Å². The number of aryl methyl sites for hydroxylation is 2. The number of rotatable bonds is 14. The van der Waals surface area contributed by atoms with Gasteiger partial charge in [-0.05, 0) is 133 Å². The molecule has 4 aromatic carbocycles. The molecule has 1 amide bonds. The summed E-state index contributed by atoms with van der Waals surface area (Å²) in [5.74, 6) is -2.57. The summed E-state index contributed by atoms with van der Waals surface area (Å²) >= 11 is 0. The molecule has 2 aliphatic carbocycles. The lowest BCUT2D eigenvalue weighted by Gasteiger charge is -2.47. The van der Waals surface area contributed by atoms with Crippen molar-refractivity contribution >= 4 is 22.7 Å². The molecule has 4 heterocycles. The van der Waals surface area contributed by atoms with E-state index in [0.29, 0.717) is 65.8 Å². The Hall–Kier alpha value is -6.55. The molecule has 70 heavy (non-hydrogen) atoms. The number of halogens is 6. The number of amides is 1. The van der Waals surface area contributed by atoms with E-state index in [4.69, 9.17) is 24.7 Å². The van der Waals surface area contributed by atoms with Crippen LogP contribution in [0.4, 0.5) is 37.0 Å². The van der Waals surface area contributed by atoms with Crippen molar-refractivity contribution in [1.82, 2.24) is 14.9 Å². The molecule has 3 fully saturated rings. The van der Waals surface area contributed by atoms with E-state index >= 15 is 17.6 Å². The SMILES string of the molecule is COc1ccc(CN(Cc2ccc(OC)cc2)c2cc(-c3cc4c5c(cc(OC[C@@]67CCN6C[C@]6(CC6(F)F)C7)cc5c3F)C([C@@H](C)c3cccnc3OC(N)=O)CCC4)c(C(F)(F)F)c(C)n2)cc1. The molecular formula is C54H53F6N5O5. The first-order valence-corrected chi connectivity index (χ1v) is 23.5. The second-order valence-electron chi connectivity index (χ2n) is 19.5. The second-order valence-corrected chi connectivity index (χ2v) is 19.5. The summed E-state index contributed by atoms with van der Waals surface area (Å²) in [5.41, 5.74) is 5.34. The number of anilines is 1. The van der Waals surface area contributed by atoms with Crippen LogP contribution in [0.5, 0.6) is 23.1 Å². The number of ether oxygens (including phenoxy) is 4. The predicted molar refractivity (Wildman–Crippen MR) is 252 cm³/mol. The van der Waals surface area contributed by atoms with Gasteiger partial charge in [-0.25, -0.2) is 27.9 Å². The molecule has 1 spiro atoms. The van der Waals surface area contributed by atoms with E-state index < -0.39 is 40.5 Å². The first-order chi connectivity index (χ1) is 33.4. The minimum absolute atomic E-state index is 0.0323. The number of hydrogen-bond donors (Lipinski definition) is 1. The predicted octanol–water partition coefficient (Wildman–Crippen LogP) is 11.9. The van der Waals surface area contributed by atoms with Crippen LogP contribution in [-0.4, -0.2) is 66.3 Å². The molecule has 0 bridgehead atoms. The average molecular weight is 966 g/mol. The third-order valence-corrected chi connectivity index (χ3v) is 15.3. The van der Waals surface area contributed by atoms with E-state index in [-0.39, 0.29) is 90.6 Å². The molecule has 10 nitrogen and oxygen atoms in total. The summed E-state index contributed by atoms with van der Waals surface area (Å²) in [4.78, 5) is 24.8. The fourth-order valence-corrected chi connectivity index (χ4v) is 11.5. The zero-order valence-electron chi connectivity index (χ0n) is 39.3. The van der Waals surface area contributed by atoms with Crippen molar-refractivity contribution in [2.24, 2.45) is 11.1 Å². The highest BCUT2D eigenvalue weighted by Gasteiger charge is 2.78. The van der Waals surface area contributed by atoms with Gasteiger partial charge in [0.25, 0.3) is 5.92 Å². The van der Waals surface area contributed by atoms with E-state index in [0.717, 1.165) is 11.1 Å². The number of fused-ring (bicyclic) bond motifs is 1. The highest BCUT2D eigenvalue weighted by atomic mass is 19.4. The Morgan fingerprint density at radius 1 is 0.929 bits per heavy atom. The maximum atomic E-state index is 18.1. The van der Waals surface area contributed by atoms with E-state index in [1.54, 1.807) is 56.7 Å². The van der Waals surface area contributed by atoms with Crippen LogP contribution in [0, 0.1) is 18.2 Å². The maximum absolute atomic E-state index is 18.1. The number of hydrogen-bond acceptors (Lipinski definition) is 9. The summed E-state index contributed by atoms with van der Waals surface area (Å²) in [5, 5.41) is 0.612. The highest BCUT2D eigenvalue weighted by molar-refractivity contribution is 5.96. The molecule has 366 valence electrons. The van der Waals surface area contributed by atoms with Gasteiger partial charge in [-0.3, -0.25) is 4.90 Å². The van der Waals surface area contributed by atoms with Gasteiger partial charge in [-0.1, -0.05) is 37.3 Å². The number of benzene rings is 4. The van der Waals surface area contributed by atoms with Crippen molar-refractivity contribution in [2.45, 2.75) is 94.9 Å². The molecule has 1 saturated carbocycles. The number of pyridine rings is 2. The number of primary amides is 1. The molecule has 0 radical (unpaired) electrons. The first-order valence-electron chi connectivity index (χ1n) is 23.5. The van der Waals surface area contributed by atoms with Gasteiger partial charge in [-0.2, -0.15) is 13.2 Å². The van der Waals surface area contributed by atoms with Crippen molar-refractivity contribution in [1.29, 1.82) is 0 Å². The number of carbonyl (C=O) groups excluding carboxylic acids is 1. The monoisotopic (exact) mass is 965 g/mol. The summed E-state index contributed by atoms with van der Waals surface area (Å²) < 4.78 is 117. The number of alkyl halides is 5. The van der Waals surface area contributed by atoms with Crippen LogP contribution in [0.3, 0.4) is 0 Å². The van der Waals surface area contributed by atoms with Gasteiger partial charge in [0.15, 0.2) is 0 Å². The third-order valence-electron chi connectivity index (χ3n) is 15.3. The lowest BCUT2D eigenvalue weighted by atomic mass is 9.79. The third kappa shape index (κ3) is 8.51. The van der Waals surface area contributed by atoms with E-state index in [2.05, 4.69) is 14.9 Å². The Bertz CT molecular complexity index is 2940.